The minimum atomic E-state index is -4.75. The van der Waals surface area contributed by atoms with Crippen molar-refractivity contribution in [3.8, 4) is 5.75 Å². The van der Waals surface area contributed by atoms with Crippen molar-refractivity contribution in [3.05, 3.63) is 35.9 Å². The Kier molecular flexibility index (Phi) is 5.42. The van der Waals surface area contributed by atoms with Gasteiger partial charge >= 0.3 is 12.3 Å². The van der Waals surface area contributed by atoms with Crippen molar-refractivity contribution in [1.82, 2.24) is 0 Å². The lowest BCUT2D eigenvalue weighted by Crippen LogP contribution is -2.18. The summed E-state index contributed by atoms with van der Waals surface area (Å²) in [7, 11) is 1.25. The second kappa shape index (κ2) is 6.83. The molecule has 1 aromatic carbocycles. The van der Waals surface area contributed by atoms with Crippen LogP contribution < -0.4 is 10.1 Å². The summed E-state index contributed by atoms with van der Waals surface area (Å²) in [5, 5.41) is 2.74. The summed E-state index contributed by atoms with van der Waals surface area (Å²) in [5.41, 5.74) is 0.535. The van der Waals surface area contributed by atoms with Crippen LogP contribution in [0.5, 0.6) is 5.75 Å². The van der Waals surface area contributed by atoms with Gasteiger partial charge in [0, 0.05) is 12.1 Å². The number of hydrogen-bond donors (Lipinski definition) is 1. The molecule has 0 saturated carbocycles. The van der Waals surface area contributed by atoms with E-state index in [1.54, 1.807) is 13.0 Å². The molecule has 0 aromatic heterocycles. The average molecular weight is 289 g/mol. The topological polar surface area (TPSA) is 47.6 Å². The van der Waals surface area contributed by atoms with Crippen LogP contribution in [0.3, 0.4) is 0 Å². The molecule has 7 heteroatoms. The summed E-state index contributed by atoms with van der Waals surface area (Å²) in [6, 6.07) is 5.65. The van der Waals surface area contributed by atoms with Crippen LogP contribution in [0.4, 0.5) is 18.9 Å². The molecule has 0 spiro atoms. The normalized spacial score (nSPS) is 11.9. The maximum atomic E-state index is 12.2. The number of para-hydroxylation sites is 2. The molecule has 0 saturated heterocycles. The molecule has 1 aromatic rings. The molecule has 0 radical (unpaired) electrons. The molecule has 1 rings (SSSR count). The first-order valence-corrected chi connectivity index (χ1v) is 5.67. The number of nitrogens with one attached hydrogen (secondary N) is 1. The highest BCUT2D eigenvalue weighted by molar-refractivity contribution is 5.87. The number of benzene rings is 1. The Hall–Kier alpha value is -2.18. The fraction of sp³-hybridized carbons (Fsp3) is 0.308. The van der Waals surface area contributed by atoms with E-state index in [9.17, 15) is 18.0 Å². The molecule has 0 heterocycles. The Labute approximate surface area is 114 Å². The van der Waals surface area contributed by atoms with Crippen molar-refractivity contribution in [2.24, 2.45) is 0 Å². The Morgan fingerprint density at radius 1 is 1.35 bits per heavy atom. The van der Waals surface area contributed by atoms with E-state index in [0.717, 1.165) is 0 Å². The SMILES string of the molecule is COC(=O)/C(C)=C/CNc1ccccc1OC(F)(F)F. The third-order valence-corrected chi connectivity index (χ3v) is 2.32. The third-order valence-electron chi connectivity index (χ3n) is 2.32. The van der Waals surface area contributed by atoms with Crippen LogP contribution in [0, 0.1) is 0 Å². The molecule has 4 nitrogen and oxygen atoms in total. The highest BCUT2D eigenvalue weighted by atomic mass is 19.4. The number of hydrogen-bond acceptors (Lipinski definition) is 4. The number of carbonyl (C=O) groups is 1. The fourth-order valence-electron chi connectivity index (χ4n) is 1.38. The van der Waals surface area contributed by atoms with E-state index >= 15 is 0 Å². The Balaban J connectivity index is 2.71. The van der Waals surface area contributed by atoms with E-state index < -0.39 is 12.3 Å². The van der Waals surface area contributed by atoms with Crippen molar-refractivity contribution in [3.63, 3.8) is 0 Å². The van der Waals surface area contributed by atoms with E-state index in [1.165, 1.54) is 31.4 Å². The first kappa shape index (κ1) is 15.9. The summed E-state index contributed by atoms with van der Waals surface area (Å²) >= 11 is 0. The molecule has 0 atom stereocenters. The van der Waals surface area contributed by atoms with Crippen LogP contribution in [0.25, 0.3) is 0 Å². The standard InChI is InChI=1S/C13H14F3NO3/c1-9(12(18)19-2)7-8-17-10-5-3-4-6-11(10)20-13(14,15)16/h3-7,17H,8H2,1-2H3/b9-7+. The van der Waals surface area contributed by atoms with E-state index in [2.05, 4.69) is 14.8 Å². The van der Waals surface area contributed by atoms with Crippen molar-refractivity contribution in [1.29, 1.82) is 0 Å². The van der Waals surface area contributed by atoms with Crippen LogP contribution in [0.2, 0.25) is 0 Å². The summed E-state index contributed by atoms with van der Waals surface area (Å²) in [6.07, 6.45) is -3.24. The van der Waals surface area contributed by atoms with E-state index in [4.69, 9.17) is 0 Å². The number of anilines is 1. The molecule has 0 bridgehead atoms. The highest BCUT2D eigenvalue weighted by Gasteiger charge is 2.31. The zero-order valence-corrected chi connectivity index (χ0v) is 11.0. The number of carbonyl (C=O) groups excluding carboxylic acids is 1. The lowest BCUT2D eigenvalue weighted by atomic mass is 10.2. The zero-order chi connectivity index (χ0) is 15.2. The lowest BCUT2D eigenvalue weighted by molar-refractivity contribution is -0.274. The van der Waals surface area contributed by atoms with Gasteiger partial charge in [-0.05, 0) is 19.1 Å². The molecular weight excluding hydrogens is 275 g/mol. The van der Waals surface area contributed by atoms with Crippen LogP contribution in [-0.2, 0) is 9.53 Å². The first-order chi connectivity index (χ1) is 9.33. The summed E-state index contributed by atoms with van der Waals surface area (Å²) in [4.78, 5) is 11.1. The first-order valence-electron chi connectivity index (χ1n) is 5.67. The molecule has 110 valence electrons. The van der Waals surface area contributed by atoms with Gasteiger partial charge in [-0.25, -0.2) is 4.79 Å². The van der Waals surface area contributed by atoms with Crippen LogP contribution in [0.15, 0.2) is 35.9 Å². The molecule has 1 N–H and O–H groups in total. The molecule has 0 unspecified atom stereocenters. The largest absolute Gasteiger partial charge is 0.573 e. The number of halogens is 3. The second-order valence-corrected chi connectivity index (χ2v) is 3.80. The van der Waals surface area contributed by atoms with Gasteiger partial charge in [0.25, 0.3) is 0 Å². The van der Waals surface area contributed by atoms with Crippen molar-refractivity contribution < 1.29 is 27.4 Å². The lowest BCUT2D eigenvalue weighted by Gasteiger charge is -2.13. The van der Waals surface area contributed by atoms with Crippen molar-refractivity contribution in [2.45, 2.75) is 13.3 Å². The van der Waals surface area contributed by atoms with Gasteiger partial charge in [0.05, 0.1) is 12.8 Å². The number of esters is 1. The molecule has 0 aliphatic heterocycles. The number of alkyl halides is 3. The third kappa shape index (κ3) is 5.21. The smallest absolute Gasteiger partial charge is 0.466 e. The molecule has 0 aliphatic rings. The van der Waals surface area contributed by atoms with Gasteiger partial charge in [0.15, 0.2) is 5.75 Å². The van der Waals surface area contributed by atoms with E-state index in [1.807, 2.05) is 0 Å². The quantitative estimate of drug-likeness (QED) is 0.668. The summed E-state index contributed by atoms with van der Waals surface area (Å²) in [5.74, 6) is -0.823. The van der Waals surface area contributed by atoms with Gasteiger partial charge in [0.1, 0.15) is 0 Å². The highest BCUT2D eigenvalue weighted by Crippen LogP contribution is 2.29. The fourth-order valence-corrected chi connectivity index (χ4v) is 1.38. The Morgan fingerprint density at radius 3 is 2.60 bits per heavy atom. The summed E-state index contributed by atoms with van der Waals surface area (Å²) in [6.45, 7) is 1.71. The molecular formula is C13H14F3NO3. The van der Waals surface area contributed by atoms with Crippen LogP contribution >= 0.6 is 0 Å². The molecule has 0 amide bonds. The zero-order valence-electron chi connectivity index (χ0n) is 11.0. The van der Waals surface area contributed by atoms with E-state index in [0.29, 0.717) is 5.57 Å². The Morgan fingerprint density at radius 2 is 2.00 bits per heavy atom. The van der Waals surface area contributed by atoms with Gasteiger partial charge < -0.3 is 14.8 Å². The molecule has 20 heavy (non-hydrogen) atoms. The maximum absolute atomic E-state index is 12.2. The van der Waals surface area contributed by atoms with Crippen LogP contribution in [0.1, 0.15) is 6.92 Å². The minimum absolute atomic E-state index is 0.166. The predicted octanol–water partition coefficient (Wildman–Crippen LogP) is 3.12. The van der Waals surface area contributed by atoms with Crippen molar-refractivity contribution >= 4 is 11.7 Å². The number of methoxy groups -OCH3 is 1. The maximum Gasteiger partial charge on any atom is 0.573 e. The predicted molar refractivity (Wildman–Crippen MR) is 67.4 cm³/mol. The monoisotopic (exact) mass is 289 g/mol. The van der Waals surface area contributed by atoms with Gasteiger partial charge in [0.2, 0.25) is 0 Å². The van der Waals surface area contributed by atoms with Gasteiger partial charge in [-0.3, -0.25) is 0 Å². The summed E-state index contributed by atoms with van der Waals surface area (Å²) < 4.78 is 45.0. The number of ether oxygens (including phenoxy) is 2. The van der Waals surface area contributed by atoms with Gasteiger partial charge in [-0.2, -0.15) is 0 Å². The minimum Gasteiger partial charge on any atom is -0.466 e. The Bertz CT molecular complexity index is 498. The van der Waals surface area contributed by atoms with Crippen LogP contribution in [-0.4, -0.2) is 26.0 Å². The molecule has 0 aliphatic carbocycles. The second-order valence-electron chi connectivity index (χ2n) is 3.80. The van der Waals surface area contributed by atoms with Crippen molar-refractivity contribution in [2.75, 3.05) is 19.0 Å². The molecule has 0 fully saturated rings. The van der Waals surface area contributed by atoms with Gasteiger partial charge in [-0.15, -0.1) is 13.2 Å². The average Bonchev–Trinajstić information content (AvgIpc) is 2.38. The van der Waals surface area contributed by atoms with E-state index in [-0.39, 0.29) is 18.0 Å². The number of rotatable bonds is 5. The van der Waals surface area contributed by atoms with Gasteiger partial charge in [-0.1, -0.05) is 18.2 Å².